The SMILES string of the molecule is O=c1c(Oc2ccccc2)coc2cc(O)ccc12. The second kappa shape index (κ2) is 4.49. The van der Waals surface area contributed by atoms with Crippen molar-refractivity contribution in [3.63, 3.8) is 0 Å². The van der Waals surface area contributed by atoms with Crippen molar-refractivity contribution >= 4 is 11.0 Å². The number of aromatic hydroxyl groups is 1. The Kier molecular flexibility index (Phi) is 2.68. The minimum absolute atomic E-state index is 0.0485. The molecule has 3 rings (SSSR count). The highest BCUT2D eigenvalue weighted by Crippen LogP contribution is 2.23. The largest absolute Gasteiger partial charge is 0.508 e. The molecule has 0 aliphatic carbocycles. The topological polar surface area (TPSA) is 59.7 Å². The standard InChI is InChI=1S/C15H10O4/c16-10-6-7-12-13(8-10)18-9-14(15(12)17)19-11-4-2-1-3-5-11/h1-9,16H. The van der Waals surface area contributed by atoms with Crippen LogP contribution in [-0.4, -0.2) is 5.11 Å². The maximum absolute atomic E-state index is 12.2. The second-order valence-corrected chi connectivity index (χ2v) is 4.02. The number of hydrogen-bond acceptors (Lipinski definition) is 4. The van der Waals surface area contributed by atoms with E-state index in [1.54, 1.807) is 12.1 Å². The molecule has 0 spiro atoms. The van der Waals surface area contributed by atoms with Gasteiger partial charge >= 0.3 is 0 Å². The molecule has 0 saturated heterocycles. The van der Waals surface area contributed by atoms with Gasteiger partial charge in [-0.15, -0.1) is 0 Å². The van der Waals surface area contributed by atoms with E-state index in [2.05, 4.69) is 0 Å². The Labute approximate surface area is 108 Å². The second-order valence-electron chi connectivity index (χ2n) is 4.02. The summed E-state index contributed by atoms with van der Waals surface area (Å²) in [5.74, 6) is 0.727. The highest BCUT2D eigenvalue weighted by atomic mass is 16.5. The van der Waals surface area contributed by atoms with Crippen LogP contribution in [0.25, 0.3) is 11.0 Å². The van der Waals surface area contributed by atoms with Crippen LogP contribution in [0.2, 0.25) is 0 Å². The Balaban J connectivity index is 2.08. The zero-order chi connectivity index (χ0) is 13.2. The van der Waals surface area contributed by atoms with Crippen molar-refractivity contribution in [3.8, 4) is 17.2 Å². The Morgan fingerprint density at radius 1 is 1.05 bits per heavy atom. The van der Waals surface area contributed by atoms with Crippen molar-refractivity contribution < 1.29 is 14.3 Å². The van der Waals surface area contributed by atoms with Gasteiger partial charge in [-0.2, -0.15) is 0 Å². The highest BCUT2D eigenvalue weighted by Gasteiger charge is 2.09. The molecule has 2 aromatic carbocycles. The molecule has 4 nitrogen and oxygen atoms in total. The van der Waals surface area contributed by atoms with Gasteiger partial charge in [0, 0.05) is 6.07 Å². The fourth-order valence-electron chi connectivity index (χ4n) is 1.79. The predicted octanol–water partition coefficient (Wildman–Crippen LogP) is 3.29. The Hall–Kier alpha value is -2.75. The molecule has 0 unspecified atom stereocenters. The highest BCUT2D eigenvalue weighted by molar-refractivity contribution is 5.78. The van der Waals surface area contributed by atoms with Gasteiger partial charge in [0.05, 0.1) is 5.39 Å². The van der Waals surface area contributed by atoms with Gasteiger partial charge in [0.2, 0.25) is 11.2 Å². The summed E-state index contributed by atoms with van der Waals surface area (Å²) >= 11 is 0. The molecule has 0 amide bonds. The van der Waals surface area contributed by atoms with Gasteiger partial charge in [0.1, 0.15) is 23.3 Å². The van der Waals surface area contributed by atoms with Crippen molar-refractivity contribution in [2.45, 2.75) is 0 Å². The number of benzene rings is 2. The van der Waals surface area contributed by atoms with E-state index < -0.39 is 0 Å². The number of phenols is 1. The number of phenolic OH excluding ortho intramolecular Hbond substituents is 1. The summed E-state index contributed by atoms with van der Waals surface area (Å²) in [7, 11) is 0. The van der Waals surface area contributed by atoms with E-state index in [1.165, 1.54) is 24.5 Å². The summed E-state index contributed by atoms with van der Waals surface area (Å²) in [5.41, 5.74) is 0.0514. The summed E-state index contributed by atoms with van der Waals surface area (Å²) in [6.45, 7) is 0. The molecule has 19 heavy (non-hydrogen) atoms. The smallest absolute Gasteiger partial charge is 0.235 e. The van der Waals surface area contributed by atoms with Crippen LogP contribution < -0.4 is 10.2 Å². The van der Waals surface area contributed by atoms with E-state index in [0.717, 1.165) is 0 Å². The summed E-state index contributed by atoms with van der Waals surface area (Å²) in [6.07, 6.45) is 1.25. The molecular weight excluding hydrogens is 244 g/mol. The number of para-hydroxylation sites is 1. The third-order valence-electron chi connectivity index (χ3n) is 2.70. The van der Waals surface area contributed by atoms with Crippen LogP contribution in [0.4, 0.5) is 0 Å². The molecule has 1 heterocycles. The lowest BCUT2D eigenvalue weighted by Crippen LogP contribution is -2.04. The van der Waals surface area contributed by atoms with E-state index in [1.807, 2.05) is 18.2 Å². The first-order valence-corrected chi connectivity index (χ1v) is 5.71. The summed E-state index contributed by atoms with van der Waals surface area (Å²) < 4.78 is 10.8. The molecular formula is C15H10O4. The van der Waals surface area contributed by atoms with Gasteiger partial charge in [-0.05, 0) is 24.3 Å². The minimum atomic E-state index is -0.273. The average Bonchev–Trinajstić information content (AvgIpc) is 2.43. The lowest BCUT2D eigenvalue weighted by Gasteiger charge is -2.05. The van der Waals surface area contributed by atoms with Gasteiger partial charge in [-0.1, -0.05) is 18.2 Å². The molecule has 0 fully saturated rings. The number of rotatable bonds is 2. The minimum Gasteiger partial charge on any atom is -0.508 e. The number of fused-ring (bicyclic) bond motifs is 1. The van der Waals surface area contributed by atoms with Crippen molar-refractivity contribution in [1.29, 1.82) is 0 Å². The number of ether oxygens (including phenoxy) is 1. The molecule has 4 heteroatoms. The third-order valence-corrected chi connectivity index (χ3v) is 2.70. The zero-order valence-corrected chi connectivity index (χ0v) is 9.87. The Morgan fingerprint density at radius 3 is 2.63 bits per heavy atom. The zero-order valence-electron chi connectivity index (χ0n) is 9.87. The monoisotopic (exact) mass is 254 g/mol. The summed E-state index contributed by atoms with van der Waals surface area (Å²) in [4.78, 5) is 12.2. The van der Waals surface area contributed by atoms with E-state index in [4.69, 9.17) is 9.15 Å². The molecule has 0 radical (unpaired) electrons. The van der Waals surface area contributed by atoms with Crippen molar-refractivity contribution in [3.05, 3.63) is 65.0 Å². The van der Waals surface area contributed by atoms with Crippen LogP contribution in [0.5, 0.6) is 17.2 Å². The van der Waals surface area contributed by atoms with Crippen LogP contribution >= 0.6 is 0 Å². The normalized spacial score (nSPS) is 10.5. The van der Waals surface area contributed by atoms with Crippen LogP contribution in [-0.2, 0) is 0 Å². The quantitative estimate of drug-likeness (QED) is 0.762. The van der Waals surface area contributed by atoms with Gasteiger partial charge in [0.25, 0.3) is 0 Å². The predicted molar refractivity (Wildman–Crippen MR) is 70.7 cm³/mol. The van der Waals surface area contributed by atoms with E-state index in [-0.39, 0.29) is 16.9 Å². The Bertz CT molecular complexity index is 775. The first kappa shape index (κ1) is 11.3. The molecule has 1 N–H and O–H groups in total. The van der Waals surface area contributed by atoms with Crippen molar-refractivity contribution in [1.82, 2.24) is 0 Å². The fourth-order valence-corrected chi connectivity index (χ4v) is 1.79. The Morgan fingerprint density at radius 2 is 1.84 bits per heavy atom. The summed E-state index contributed by atoms with van der Waals surface area (Å²) in [5, 5.41) is 9.70. The summed E-state index contributed by atoms with van der Waals surface area (Å²) in [6, 6.07) is 13.3. The van der Waals surface area contributed by atoms with E-state index >= 15 is 0 Å². The third kappa shape index (κ3) is 2.15. The van der Waals surface area contributed by atoms with Crippen molar-refractivity contribution in [2.24, 2.45) is 0 Å². The van der Waals surface area contributed by atoms with Gasteiger partial charge in [-0.3, -0.25) is 4.79 Å². The van der Waals surface area contributed by atoms with Gasteiger partial charge in [0.15, 0.2) is 0 Å². The van der Waals surface area contributed by atoms with Gasteiger partial charge < -0.3 is 14.3 Å². The van der Waals surface area contributed by atoms with Crippen molar-refractivity contribution in [2.75, 3.05) is 0 Å². The van der Waals surface area contributed by atoms with Crippen LogP contribution in [0.3, 0.4) is 0 Å². The molecule has 94 valence electrons. The van der Waals surface area contributed by atoms with Crippen LogP contribution in [0.1, 0.15) is 0 Å². The lowest BCUT2D eigenvalue weighted by molar-refractivity contribution is 0.449. The number of hydrogen-bond donors (Lipinski definition) is 1. The fraction of sp³-hybridized carbons (Fsp3) is 0. The van der Waals surface area contributed by atoms with E-state index in [0.29, 0.717) is 16.7 Å². The molecule has 3 aromatic rings. The first-order chi connectivity index (χ1) is 9.24. The van der Waals surface area contributed by atoms with Crippen LogP contribution in [0, 0.1) is 0 Å². The first-order valence-electron chi connectivity index (χ1n) is 5.71. The molecule has 0 bridgehead atoms. The van der Waals surface area contributed by atoms with Crippen LogP contribution in [0.15, 0.2) is 64.0 Å². The molecule has 0 aliphatic heterocycles. The molecule has 0 aliphatic rings. The van der Waals surface area contributed by atoms with E-state index in [9.17, 15) is 9.90 Å². The lowest BCUT2D eigenvalue weighted by atomic mass is 10.2. The molecule has 0 atom stereocenters. The van der Waals surface area contributed by atoms with Gasteiger partial charge in [-0.25, -0.2) is 0 Å². The molecule has 1 aromatic heterocycles. The average molecular weight is 254 g/mol. The molecule has 0 saturated carbocycles. The maximum Gasteiger partial charge on any atom is 0.235 e. The maximum atomic E-state index is 12.2.